The number of morpholine rings is 1. The number of hydrogen-bond acceptors (Lipinski definition) is 9. The fraction of sp³-hybridized carbons (Fsp3) is 0.304. The Morgan fingerprint density at radius 3 is 2.41 bits per heavy atom. The van der Waals surface area contributed by atoms with Crippen molar-refractivity contribution < 1.29 is 4.74 Å². The van der Waals surface area contributed by atoms with E-state index in [-0.39, 0.29) is 0 Å². The molecule has 2 N–H and O–H groups in total. The van der Waals surface area contributed by atoms with E-state index in [0.29, 0.717) is 24.4 Å². The smallest absolute Gasteiger partial charge is 0.250 e. The summed E-state index contributed by atoms with van der Waals surface area (Å²) in [4.78, 5) is 17.5. The van der Waals surface area contributed by atoms with Crippen LogP contribution in [0.25, 0.3) is 0 Å². The van der Waals surface area contributed by atoms with Gasteiger partial charge in [0.15, 0.2) is 0 Å². The van der Waals surface area contributed by atoms with E-state index in [1.807, 2.05) is 49.3 Å². The van der Waals surface area contributed by atoms with Crippen LogP contribution in [-0.4, -0.2) is 61.6 Å². The first-order valence-corrected chi connectivity index (χ1v) is 10.6. The molecule has 9 heteroatoms. The Morgan fingerprint density at radius 1 is 0.969 bits per heavy atom. The number of benzene rings is 2. The van der Waals surface area contributed by atoms with Gasteiger partial charge in [-0.1, -0.05) is 42.5 Å². The Morgan fingerprint density at radius 2 is 1.69 bits per heavy atom. The third-order valence-electron chi connectivity index (χ3n) is 4.96. The van der Waals surface area contributed by atoms with Crippen molar-refractivity contribution in [3.8, 4) is 0 Å². The van der Waals surface area contributed by atoms with Crippen molar-refractivity contribution in [2.75, 3.05) is 60.9 Å². The maximum absolute atomic E-state index is 5.41. The van der Waals surface area contributed by atoms with E-state index in [4.69, 9.17) is 4.74 Å². The van der Waals surface area contributed by atoms with Crippen LogP contribution in [0.15, 0.2) is 59.7 Å². The average Bonchev–Trinajstić information content (AvgIpc) is 2.84. The van der Waals surface area contributed by atoms with Gasteiger partial charge in [-0.15, -0.1) is 0 Å². The minimum atomic E-state index is 0.375. The van der Waals surface area contributed by atoms with E-state index in [1.54, 1.807) is 6.21 Å². The molecule has 0 spiro atoms. The number of hydrazone groups is 1. The lowest BCUT2D eigenvalue weighted by Crippen LogP contribution is -2.36. The highest BCUT2D eigenvalue weighted by molar-refractivity contribution is 5.80. The highest BCUT2D eigenvalue weighted by Gasteiger charge is 2.11. The summed E-state index contributed by atoms with van der Waals surface area (Å²) in [6.45, 7) is 4.01. The number of aromatic nitrogens is 3. The van der Waals surface area contributed by atoms with Gasteiger partial charge in [-0.2, -0.15) is 20.1 Å². The maximum Gasteiger partial charge on any atom is 0.250 e. The average molecular weight is 433 g/mol. The molecule has 1 saturated heterocycles. The summed E-state index contributed by atoms with van der Waals surface area (Å²) in [5.41, 5.74) is 6.24. The normalized spacial score (nSPS) is 13.9. The zero-order valence-electron chi connectivity index (χ0n) is 18.4. The predicted molar refractivity (Wildman–Crippen MR) is 129 cm³/mol. The summed E-state index contributed by atoms with van der Waals surface area (Å²) in [5.74, 6) is 1.41. The monoisotopic (exact) mass is 432 g/mol. The van der Waals surface area contributed by atoms with Gasteiger partial charge >= 0.3 is 0 Å². The van der Waals surface area contributed by atoms with Gasteiger partial charge in [-0.3, -0.25) is 0 Å². The van der Waals surface area contributed by atoms with Gasteiger partial charge in [-0.25, -0.2) is 5.43 Å². The minimum absolute atomic E-state index is 0.375. The van der Waals surface area contributed by atoms with Crippen molar-refractivity contribution in [2.45, 2.75) is 6.54 Å². The molecule has 0 radical (unpaired) electrons. The Hall–Kier alpha value is -3.72. The lowest BCUT2D eigenvalue weighted by atomic mass is 10.2. The van der Waals surface area contributed by atoms with Gasteiger partial charge in [0, 0.05) is 39.4 Å². The first-order chi connectivity index (χ1) is 15.7. The second-order valence-corrected chi connectivity index (χ2v) is 7.58. The topological polar surface area (TPSA) is 90.8 Å². The molecule has 1 aromatic heterocycles. The largest absolute Gasteiger partial charge is 0.378 e. The van der Waals surface area contributed by atoms with E-state index in [0.717, 1.165) is 37.4 Å². The highest BCUT2D eigenvalue weighted by Crippen LogP contribution is 2.16. The van der Waals surface area contributed by atoms with Crippen LogP contribution in [-0.2, 0) is 11.3 Å². The molecule has 0 bridgehead atoms. The van der Waals surface area contributed by atoms with Crippen LogP contribution in [0.2, 0.25) is 0 Å². The molecule has 9 nitrogen and oxygen atoms in total. The van der Waals surface area contributed by atoms with Crippen LogP contribution in [0.4, 0.5) is 23.5 Å². The second-order valence-electron chi connectivity index (χ2n) is 7.58. The van der Waals surface area contributed by atoms with Crippen LogP contribution in [0.5, 0.6) is 0 Å². The Balaban J connectivity index is 1.40. The summed E-state index contributed by atoms with van der Waals surface area (Å²) in [6, 6.07) is 18.4. The van der Waals surface area contributed by atoms with Gasteiger partial charge in [0.25, 0.3) is 0 Å². The van der Waals surface area contributed by atoms with Gasteiger partial charge < -0.3 is 19.9 Å². The van der Waals surface area contributed by atoms with Crippen molar-refractivity contribution >= 4 is 29.7 Å². The van der Waals surface area contributed by atoms with Crippen molar-refractivity contribution in [1.82, 2.24) is 15.0 Å². The van der Waals surface area contributed by atoms with E-state index in [1.165, 1.54) is 5.69 Å². The lowest BCUT2D eigenvalue weighted by molar-refractivity contribution is 0.122. The molecule has 0 saturated carbocycles. The van der Waals surface area contributed by atoms with Gasteiger partial charge in [0.1, 0.15) is 0 Å². The Bertz CT molecular complexity index is 1020. The number of hydrogen-bond donors (Lipinski definition) is 2. The molecule has 2 heterocycles. The molecule has 0 unspecified atom stereocenters. The molecule has 2 aromatic carbocycles. The molecule has 0 amide bonds. The number of ether oxygens (including phenoxy) is 1. The summed E-state index contributed by atoms with van der Waals surface area (Å²) in [7, 11) is 3.78. The van der Waals surface area contributed by atoms with Gasteiger partial charge in [0.2, 0.25) is 17.8 Å². The van der Waals surface area contributed by atoms with Crippen LogP contribution in [0, 0.1) is 0 Å². The number of rotatable bonds is 8. The Kier molecular flexibility index (Phi) is 7.08. The summed E-state index contributed by atoms with van der Waals surface area (Å²) in [6.07, 6.45) is 1.75. The molecule has 166 valence electrons. The standard InChI is InChI=1S/C23H28N8O/c1-30(2)23-27-21(24-16-18-6-4-3-5-7-18)26-22(28-23)29-25-17-19-8-10-20(11-9-19)31-12-14-32-15-13-31/h3-11,17H,12-16H2,1-2H3,(H2,24,26,27,28,29). The fourth-order valence-electron chi connectivity index (χ4n) is 3.23. The molecule has 1 fully saturated rings. The molecule has 1 aliphatic heterocycles. The third kappa shape index (κ3) is 5.92. The third-order valence-corrected chi connectivity index (χ3v) is 4.96. The van der Waals surface area contributed by atoms with Crippen molar-refractivity contribution in [3.63, 3.8) is 0 Å². The SMILES string of the molecule is CN(C)c1nc(NCc2ccccc2)nc(NN=Cc2ccc(N3CCOCC3)cc2)n1. The van der Waals surface area contributed by atoms with E-state index in [9.17, 15) is 0 Å². The van der Waals surface area contributed by atoms with Crippen LogP contribution < -0.4 is 20.5 Å². The highest BCUT2D eigenvalue weighted by atomic mass is 16.5. The first-order valence-electron chi connectivity index (χ1n) is 10.6. The fourth-order valence-corrected chi connectivity index (χ4v) is 3.23. The lowest BCUT2D eigenvalue weighted by Gasteiger charge is -2.28. The summed E-state index contributed by atoms with van der Waals surface area (Å²) in [5, 5.41) is 7.55. The quantitative estimate of drug-likeness (QED) is 0.415. The van der Waals surface area contributed by atoms with Crippen LogP contribution in [0.3, 0.4) is 0 Å². The van der Waals surface area contributed by atoms with Gasteiger partial charge in [-0.05, 0) is 23.3 Å². The van der Waals surface area contributed by atoms with Crippen LogP contribution >= 0.6 is 0 Å². The van der Waals surface area contributed by atoms with E-state index < -0.39 is 0 Å². The molecule has 1 aliphatic rings. The van der Waals surface area contributed by atoms with Crippen molar-refractivity contribution in [2.24, 2.45) is 5.10 Å². The number of nitrogens with zero attached hydrogens (tertiary/aromatic N) is 6. The van der Waals surface area contributed by atoms with Crippen LogP contribution in [0.1, 0.15) is 11.1 Å². The van der Waals surface area contributed by atoms with Crippen molar-refractivity contribution in [3.05, 3.63) is 65.7 Å². The zero-order chi connectivity index (χ0) is 22.2. The molecule has 0 aliphatic carbocycles. The number of nitrogens with one attached hydrogen (secondary N) is 2. The zero-order valence-corrected chi connectivity index (χ0v) is 18.4. The van der Waals surface area contributed by atoms with E-state index >= 15 is 0 Å². The first kappa shape index (κ1) is 21.5. The molecule has 0 atom stereocenters. The minimum Gasteiger partial charge on any atom is -0.378 e. The molecular formula is C23H28N8O. The molecule has 32 heavy (non-hydrogen) atoms. The molecule has 4 rings (SSSR count). The maximum atomic E-state index is 5.41. The van der Waals surface area contributed by atoms with Crippen molar-refractivity contribution in [1.29, 1.82) is 0 Å². The predicted octanol–water partition coefficient (Wildman–Crippen LogP) is 2.83. The number of anilines is 4. The second kappa shape index (κ2) is 10.5. The molecular weight excluding hydrogens is 404 g/mol. The summed E-state index contributed by atoms with van der Waals surface area (Å²) < 4.78 is 5.41. The summed E-state index contributed by atoms with van der Waals surface area (Å²) >= 11 is 0. The Labute approximate surface area is 188 Å². The van der Waals surface area contributed by atoms with Gasteiger partial charge in [0.05, 0.1) is 19.4 Å². The van der Waals surface area contributed by atoms with E-state index in [2.05, 4.69) is 60.0 Å². The molecule has 3 aromatic rings.